The molecule has 0 radical (unpaired) electrons. The summed E-state index contributed by atoms with van der Waals surface area (Å²) in [6.07, 6.45) is 10.6. The van der Waals surface area contributed by atoms with Crippen molar-refractivity contribution in [2.24, 2.45) is 0 Å². The lowest BCUT2D eigenvalue weighted by Crippen LogP contribution is -3.21. The first-order valence-electron chi connectivity index (χ1n) is 11.4. The Bertz CT molecular complexity index is 832. The molecule has 2 saturated heterocycles. The molecule has 29 heavy (non-hydrogen) atoms. The second kappa shape index (κ2) is 8.19. The van der Waals surface area contributed by atoms with Gasteiger partial charge in [-0.15, -0.1) is 0 Å². The maximum Gasteiger partial charge on any atom is 0.319 e. The lowest BCUT2D eigenvalue weighted by atomic mass is 9.95. The van der Waals surface area contributed by atoms with Gasteiger partial charge in [0.2, 0.25) is 0 Å². The van der Waals surface area contributed by atoms with Crippen molar-refractivity contribution in [2.75, 3.05) is 5.32 Å². The van der Waals surface area contributed by atoms with Crippen LogP contribution >= 0.6 is 0 Å². The van der Waals surface area contributed by atoms with Crippen LogP contribution in [0.4, 0.5) is 10.5 Å². The third kappa shape index (κ3) is 3.91. The zero-order chi connectivity index (χ0) is 19.6. The van der Waals surface area contributed by atoms with Crippen molar-refractivity contribution >= 4 is 11.7 Å². The van der Waals surface area contributed by atoms with Gasteiger partial charge in [-0.2, -0.15) is 0 Å². The van der Waals surface area contributed by atoms with E-state index in [1.54, 1.807) is 0 Å². The Morgan fingerprint density at radius 2 is 1.45 bits per heavy atom. The predicted octanol–water partition coefficient (Wildman–Crippen LogP) is 4.00. The van der Waals surface area contributed by atoms with E-state index in [4.69, 9.17) is 0 Å². The molecule has 152 valence electrons. The topological polar surface area (TPSA) is 45.6 Å². The van der Waals surface area contributed by atoms with Gasteiger partial charge in [0.1, 0.15) is 0 Å². The second-order valence-corrected chi connectivity index (χ2v) is 9.13. The summed E-state index contributed by atoms with van der Waals surface area (Å²) >= 11 is 0. The van der Waals surface area contributed by atoms with Gasteiger partial charge in [-0.25, -0.2) is 4.79 Å². The number of amides is 2. The Hall–Kier alpha value is -2.33. The van der Waals surface area contributed by atoms with E-state index in [-0.39, 0.29) is 6.03 Å². The van der Waals surface area contributed by atoms with Gasteiger partial charge in [0.05, 0.1) is 23.8 Å². The van der Waals surface area contributed by atoms with Crippen molar-refractivity contribution in [2.45, 2.75) is 75.5 Å². The van der Waals surface area contributed by atoms with Crippen LogP contribution in [0.2, 0.25) is 0 Å². The highest BCUT2D eigenvalue weighted by Gasteiger charge is 2.48. The Balaban J connectivity index is 1.23. The highest BCUT2D eigenvalue weighted by Crippen LogP contribution is 2.29. The highest BCUT2D eigenvalue weighted by molar-refractivity contribution is 5.94. The maximum atomic E-state index is 12.8. The first-order chi connectivity index (χ1) is 14.3. The Morgan fingerprint density at radius 1 is 0.793 bits per heavy atom. The van der Waals surface area contributed by atoms with Crippen LogP contribution in [0.5, 0.6) is 0 Å². The number of urea groups is 1. The van der Waals surface area contributed by atoms with Gasteiger partial charge < -0.3 is 15.5 Å². The highest BCUT2D eigenvalue weighted by atomic mass is 16.2. The number of benzene rings is 2. The number of hydrogen-bond acceptors (Lipinski definition) is 1. The molecule has 1 saturated carbocycles. The summed E-state index contributed by atoms with van der Waals surface area (Å²) in [4.78, 5) is 14.7. The summed E-state index contributed by atoms with van der Waals surface area (Å²) in [6, 6.07) is 20.9. The zero-order valence-corrected chi connectivity index (χ0v) is 17.1. The normalized spacial score (nSPS) is 29.0. The predicted molar refractivity (Wildman–Crippen MR) is 117 cm³/mol. The quantitative estimate of drug-likeness (QED) is 0.726. The molecule has 4 atom stereocenters. The summed E-state index contributed by atoms with van der Waals surface area (Å²) in [5.41, 5.74) is 3.05. The Labute approximate surface area is 173 Å². The van der Waals surface area contributed by atoms with Gasteiger partial charge in [0.15, 0.2) is 0 Å². The largest absolute Gasteiger partial charge is 0.335 e. The molecule has 2 bridgehead atoms. The third-order valence-electron chi connectivity index (χ3n) is 7.37. The molecule has 2 unspecified atom stereocenters. The van der Waals surface area contributed by atoms with E-state index >= 15 is 0 Å². The minimum absolute atomic E-state index is 0.0675. The summed E-state index contributed by atoms with van der Waals surface area (Å²) in [7, 11) is 0. The maximum absolute atomic E-state index is 12.8. The molecule has 3 aliphatic rings. The van der Waals surface area contributed by atoms with Crippen molar-refractivity contribution in [1.29, 1.82) is 0 Å². The van der Waals surface area contributed by atoms with E-state index in [1.807, 2.05) is 41.3 Å². The third-order valence-corrected chi connectivity index (χ3v) is 7.37. The number of carbonyl (C=O) groups excluding carboxylic acids is 1. The lowest BCUT2D eigenvalue weighted by molar-refractivity contribution is -0.964. The molecule has 2 heterocycles. The number of anilines is 1. The monoisotopic (exact) mass is 390 g/mol. The van der Waals surface area contributed by atoms with E-state index in [1.165, 1.54) is 38.5 Å². The van der Waals surface area contributed by atoms with Crippen molar-refractivity contribution in [3.63, 3.8) is 0 Å². The number of piperidine rings is 1. The number of rotatable bonds is 4. The summed E-state index contributed by atoms with van der Waals surface area (Å²) in [5.74, 6) is 0. The van der Waals surface area contributed by atoms with Crippen LogP contribution in [-0.2, 0) is 0 Å². The molecular formula is C25H32N3O+. The SMILES string of the molecule is O=C(Nc1ccccc1-c1ccccc1)NC1C[C@H]2CC[C@@H](C1)[NH+]2C1CCCC1. The number of fused-ring (bicyclic) bond motifs is 2. The van der Waals surface area contributed by atoms with Crippen LogP contribution in [0, 0.1) is 0 Å². The second-order valence-electron chi connectivity index (χ2n) is 9.13. The number of hydrogen-bond donors (Lipinski definition) is 3. The van der Waals surface area contributed by atoms with Gasteiger partial charge in [0, 0.05) is 37.3 Å². The van der Waals surface area contributed by atoms with Gasteiger partial charge in [-0.3, -0.25) is 0 Å². The van der Waals surface area contributed by atoms with Gasteiger partial charge in [0.25, 0.3) is 0 Å². The summed E-state index contributed by atoms with van der Waals surface area (Å²) in [5, 5.41) is 6.41. The number of nitrogens with one attached hydrogen (secondary N) is 3. The van der Waals surface area contributed by atoms with Crippen molar-refractivity contribution in [3.05, 3.63) is 54.6 Å². The van der Waals surface area contributed by atoms with Crippen molar-refractivity contribution < 1.29 is 9.69 Å². The Kier molecular flexibility index (Phi) is 5.28. The van der Waals surface area contributed by atoms with Crippen LogP contribution in [0.25, 0.3) is 11.1 Å². The molecule has 0 aromatic heterocycles. The molecule has 4 nitrogen and oxygen atoms in total. The molecule has 2 amide bonds. The number of quaternary nitrogens is 1. The average Bonchev–Trinajstić information content (AvgIpc) is 3.35. The first-order valence-corrected chi connectivity index (χ1v) is 11.4. The first kappa shape index (κ1) is 18.7. The van der Waals surface area contributed by atoms with E-state index in [0.717, 1.165) is 47.8 Å². The van der Waals surface area contributed by atoms with Gasteiger partial charge in [-0.1, -0.05) is 48.5 Å². The summed E-state index contributed by atoms with van der Waals surface area (Å²) in [6.45, 7) is 0. The summed E-state index contributed by atoms with van der Waals surface area (Å²) < 4.78 is 0. The lowest BCUT2D eigenvalue weighted by Gasteiger charge is -2.39. The minimum atomic E-state index is -0.0675. The fourth-order valence-corrected chi connectivity index (χ4v) is 6.21. The Morgan fingerprint density at radius 3 is 2.17 bits per heavy atom. The molecule has 1 aliphatic carbocycles. The molecule has 0 spiro atoms. The van der Waals surface area contributed by atoms with Crippen LogP contribution in [0.15, 0.2) is 54.6 Å². The molecule has 2 aliphatic heterocycles. The average molecular weight is 391 g/mol. The minimum Gasteiger partial charge on any atom is -0.335 e. The van der Waals surface area contributed by atoms with E-state index in [9.17, 15) is 4.79 Å². The molecule has 3 N–H and O–H groups in total. The zero-order valence-electron chi connectivity index (χ0n) is 17.1. The smallest absolute Gasteiger partial charge is 0.319 e. The fourth-order valence-electron chi connectivity index (χ4n) is 6.21. The van der Waals surface area contributed by atoms with Gasteiger partial charge in [-0.05, 0) is 37.3 Å². The molecule has 2 aromatic carbocycles. The van der Waals surface area contributed by atoms with Crippen LogP contribution < -0.4 is 15.5 Å². The van der Waals surface area contributed by atoms with Crippen molar-refractivity contribution in [3.8, 4) is 11.1 Å². The van der Waals surface area contributed by atoms with Crippen LogP contribution in [0.1, 0.15) is 51.4 Å². The van der Waals surface area contributed by atoms with E-state index in [2.05, 4.69) is 28.8 Å². The van der Waals surface area contributed by atoms with Crippen LogP contribution in [-0.4, -0.2) is 30.2 Å². The number of carbonyl (C=O) groups is 1. The molecule has 3 fully saturated rings. The molecule has 5 rings (SSSR count). The van der Waals surface area contributed by atoms with Crippen molar-refractivity contribution in [1.82, 2.24) is 5.32 Å². The van der Waals surface area contributed by atoms with E-state index in [0.29, 0.717) is 6.04 Å². The molecule has 2 aromatic rings. The van der Waals surface area contributed by atoms with E-state index < -0.39 is 0 Å². The van der Waals surface area contributed by atoms with Crippen LogP contribution in [0.3, 0.4) is 0 Å². The standard InChI is InChI=1S/C25H31N3O/c29-25(27-24-13-7-6-12-23(24)18-8-2-1-3-9-18)26-19-16-21-14-15-22(17-19)28(21)20-10-4-5-11-20/h1-3,6-9,12-13,19-22H,4-5,10-11,14-17H2,(H2,26,27,29)/p+1/t19?,21-,22+. The molecular weight excluding hydrogens is 358 g/mol. The van der Waals surface area contributed by atoms with Gasteiger partial charge >= 0.3 is 6.03 Å². The molecule has 4 heteroatoms. The number of para-hydroxylation sites is 1. The fraction of sp³-hybridized carbons (Fsp3) is 0.480.